The first-order valence-electron chi connectivity index (χ1n) is 7.27. The van der Waals surface area contributed by atoms with Crippen molar-refractivity contribution in [2.24, 2.45) is 5.73 Å². The van der Waals surface area contributed by atoms with Gasteiger partial charge in [0.2, 0.25) is 11.9 Å². The van der Waals surface area contributed by atoms with Gasteiger partial charge < -0.3 is 16.0 Å². The van der Waals surface area contributed by atoms with Crippen molar-refractivity contribution in [3.8, 4) is 0 Å². The number of hydrogen-bond donors (Lipinski definition) is 2. The summed E-state index contributed by atoms with van der Waals surface area (Å²) in [6.45, 7) is 5.68. The summed E-state index contributed by atoms with van der Waals surface area (Å²) >= 11 is 0. The lowest BCUT2D eigenvalue weighted by Crippen LogP contribution is -2.48. The van der Waals surface area contributed by atoms with Gasteiger partial charge in [-0.2, -0.15) is 4.98 Å². The van der Waals surface area contributed by atoms with Gasteiger partial charge in [0.25, 0.3) is 0 Å². The molecule has 1 amide bonds. The fourth-order valence-corrected chi connectivity index (χ4v) is 2.52. The molecule has 0 radical (unpaired) electrons. The zero-order valence-corrected chi connectivity index (χ0v) is 12.2. The van der Waals surface area contributed by atoms with Crippen molar-refractivity contribution in [3.05, 3.63) is 11.8 Å². The summed E-state index contributed by atoms with van der Waals surface area (Å²) in [7, 11) is 0. The van der Waals surface area contributed by atoms with Crippen molar-refractivity contribution in [1.29, 1.82) is 0 Å². The Labute approximate surface area is 119 Å². The van der Waals surface area contributed by atoms with Crippen molar-refractivity contribution in [1.82, 2.24) is 9.97 Å². The van der Waals surface area contributed by atoms with E-state index in [9.17, 15) is 4.79 Å². The van der Waals surface area contributed by atoms with Crippen molar-refractivity contribution in [3.63, 3.8) is 0 Å². The van der Waals surface area contributed by atoms with Gasteiger partial charge in [0.1, 0.15) is 11.9 Å². The van der Waals surface area contributed by atoms with Crippen LogP contribution in [0.25, 0.3) is 0 Å². The highest BCUT2D eigenvalue weighted by atomic mass is 16.1. The normalized spacial score (nSPS) is 18.9. The number of piperidine rings is 1. The summed E-state index contributed by atoms with van der Waals surface area (Å²) in [6, 6.07) is 1.66. The van der Waals surface area contributed by atoms with E-state index in [2.05, 4.69) is 22.2 Å². The Morgan fingerprint density at radius 1 is 1.50 bits per heavy atom. The minimum atomic E-state index is -0.274. The Morgan fingerprint density at radius 2 is 2.30 bits per heavy atom. The molecule has 1 saturated heterocycles. The summed E-state index contributed by atoms with van der Waals surface area (Å²) in [5, 5.41) is 3.19. The number of nitrogens with two attached hydrogens (primary N) is 1. The molecule has 0 spiro atoms. The van der Waals surface area contributed by atoms with Gasteiger partial charge in [-0.05, 0) is 32.6 Å². The topological polar surface area (TPSA) is 84.1 Å². The molecule has 1 aromatic heterocycles. The van der Waals surface area contributed by atoms with Crippen LogP contribution in [-0.4, -0.2) is 35.0 Å². The molecule has 20 heavy (non-hydrogen) atoms. The molecular formula is C14H23N5O. The molecule has 110 valence electrons. The number of primary amides is 1. The zero-order valence-electron chi connectivity index (χ0n) is 12.2. The van der Waals surface area contributed by atoms with Crippen LogP contribution in [0.15, 0.2) is 6.07 Å². The van der Waals surface area contributed by atoms with Crippen molar-refractivity contribution in [2.75, 3.05) is 23.3 Å². The fourth-order valence-electron chi connectivity index (χ4n) is 2.52. The monoisotopic (exact) mass is 277 g/mol. The lowest BCUT2D eigenvalue weighted by Gasteiger charge is -2.34. The maximum absolute atomic E-state index is 11.6. The maximum atomic E-state index is 11.6. The molecule has 2 rings (SSSR count). The Hall–Kier alpha value is -1.85. The van der Waals surface area contributed by atoms with Crippen LogP contribution in [0.2, 0.25) is 0 Å². The van der Waals surface area contributed by atoms with Crippen LogP contribution >= 0.6 is 0 Å². The Morgan fingerprint density at radius 3 is 3.00 bits per heavy atom. The summed E-state index contributed by atoms with van der Waals surface area (Å²) < 4.78 is 0. The van der Waals surface area contributed by atoms with Gasteiger partial charge in [-0.15, -0.1) is 0 Å². The van der Waals surface area contributed by atoms with E-state index in [1.807, 2.05) is 17.9 Å². The molecule has 0 saturated carbocycles. The van der Waals surface area contributed by atoms with Crippen LogP contribution in [-0.2, 0) is 4.79 Å². The third-order valence-electron chi connectivity index (χ3n) is 3.50. The third-order valence-corrected chi connectivity index (χ3v) is 3.50. The molecule has 1 aromatic rings. The molecule has 6 nitrogen and oxygen atoms in total. The smallest absolute Gasteiger partial charge is 0.240 e. The highest BCUT2D eigenvalue weighted by Crippen LogP contribution is 2.24. The second-order valence-corrected chi connectivity index (χ2v) is 5.23. The number of hydrogen-bond acceptors (Lipinski definition) is 5. The molecule has 2 heterocycles. The van der Waals surface area contributed by atoms with Crippen LogP contribution < -0.4 is 16.0 Å². The van der Waals surface area contributed by atoms with Crippen LogP contribution in [0.1, 0.15) is 38.3 Å². The van der Waals surface area contributed by atoms with Crippen molar-refractivity contribution < 1.29 is 4.79 Å². The van der Waals surface area contributed by atoms with E-state index in [0.29, 0.717) is 5.95 Å². The number of nitrogens with zero attached hydrogens (tertiary/aromatic N) is 3. The third kappa shape index (κ3) is 3.37. The van der Waals surface area contributed by atoms with E-state index in [4.69, 9.17) is 5.73 Å². The molecule has 1 aliphatic heterocycles. The van der Waals surface area contributed by atoms with Crippen molar-refractivity contribution >= 4 is 17.7 Å². The Bertz CT molecular complexity index is 477. The lowest BCUT2D eigenvalue weighted by molar-refractivity contribution is -0.119. The first-order chi connectivity index (χ1) is 9.61. The van der Waals surface area contributed by atoms with E-state index in [1.165, 1.54) is 0 Å². The van der Waals surface area contributed by atoms with Crippen LogP contribution in [0.3, 0.4) is 0 Å². The van der Waals surface area contributed by atoms with E-state index in [0.717, 1.165) is 50.3 Å². The number of rotatable bonds is 5. The van der Waals surface area contributed by atoms with Gasteiger partial charge in [0.15, 0.2) is 0 Å². The maximum Gasteiger partial charge on any atom is 0.240 e. The van der Waals surface area contributed by atoms with Gasteiger partial charge in [-0.25, -0.2) is 4.98 Å². The van der Waals surface area contributed by atoms with E-state index in [1.54, 1.807) is 0 Å². The highest BCUT2D eigenvalue weighted by Gasteiger charge is 2.28. The summed E-state index contributed by atoms with van der Waals surface area (Å²) in [5.41, 5.74) is 6.40. The van der Waals surface area contributed by atoms with E-state index < -0.39 is 0 Å². The van der Waals surface area contributed by atoms with Gasteiger partial charge >= 0.3 is 0 Å². The molecule has 0 bridgehead atoms. The molecule has 1 atom stereocenters. The standard InChI is InChI=1S/C14H23N5O/c1-3-7-16-14-17-10(2)9-12(18-14)19-8-5-4-6-11(19)13(15)20/h9,11H,3-8H2,1-2H3,(H2,15,20)(H,16,17,18). The summed E-state index contributed by atoms with van der Waals surface area (Å²) in [6.07, 6.45) is 3.91. The second kappa shape index (κ2) is 6.54. The number of carbonyl (C=O) groups excluding carboxylic acids is 1. The molecular weight excluding hydrogens is 254 g/mol. The largest absolute Gasteiger partial charge is 0.368 e. The van der Waals surface area contributed by atoms with Gasteiger partial charge in [-0.3, -0.25) is 4.79 Å². The van der Waals surface area contributed by atoms with E-state index in [-0.39, 0.29) is 11.9 Å². The number of aromatic nitrogens is 2. The predicted octanol–water partition coefficient (Wildman–Crippen LogP) is 1.45. The van der Waals surface area contributed by atoms with E-state index >= 15 is 0 Å². The molecule has 0 aromatic carbocycles. The van der Waals surface area contributed by atoms with Crippen LogP contribution in [0, 0.1) is 6.92 Å². The highest BCUT2D eigenvalue weighted by molar-refractivity contribution is 5.83. The lowest BCUT2D eigenvalue weighted by atomic mass is 10.0. The van der Waals surface area contributed by atoms with Crippen molar-refractivity contribution in [2.45, 2.75) is 45.6 Å². The summed E-state index contributed by atoms with van der Waals surface area (Å²) in [5.74, 6) is 1.14. The Balaban J connectivity index is 2.25. The Kier molecular flexibility index (Phi) is 4.76. The number of nitrogens with one attached hydrogen (secondary N) is 1. The van der Waals surface area contributed by atoms with Gasteiger partial charge in [-0.1, -0.05) is 6.92 Å². The molecule has 1 aliphatic rings. The molecule has 0 aliphatic carbocycles. The molecule has 1 fully saturated rings. The van der Waals surface area contributed by atoms with Gasteiger partial charge in [0.05, 0.1) is 0 Å². The number of amides is 1. The summed E-state index contributed by atoms with van der Waals surface area (Å²) in [4.78, 5) is 22.5. The molecule has 3 N–H and O–H groups in total. The first-order valence-corrected chi connectivity index (χ1v) is 7.27. The zero-order chi connectivity index (χ0) is 14.5. The number of anilines is 2. The first kappa shape index (κ1) is 14.6. The fraction of sp³-hybridized carbons (Fsp3) is 0.643. The second-order valence-electron chi connectivity index (χ2n) is 5.23. The SMILES string of the molecule is CCCNc1nc(C)cc(N2CCCCC2C(N)=O)n1. The number of aryl methyl sites for hydroxylation is 1. The molecule has 1 unspecified atom stereocenters. The number of carbonyl (C=O) groups is 1. The molecule has 6 heteroatoms. The van der Waals surface area contributed by atoms with Crippen LogP contribution in [0.4, 0.5) is 11.8 Å². The minimum Gasteiger partial charge on any atom is -0.368 e. The van der Waals surface area contributed by atoms with Gasteiger partial charge in [0, 0.05) is 24.8 Å². The average molecular weight is 277 g/mol. The minimum absolute atomic E-state index is 0.253. The van der Waals surface area contributed by atoms with Crippen LogP contribution in [0.5, 0.6) is 0 Å². The average Bonchev–Trinajstić information content (AvgIpc) is 2.44. The quantitative estimate of drug-likeness (QED) is 0.851. The predicted molar refractivity (Wildman–Crippen MR) is 79.7 cm³/mol.